The predicted octanol–water partition coefficient (Wildman–Crippen LogP) is 1.95. The summed E-state index contributed by atoms with van der Waals surface area (Å²) >= 11 is 0. The molecule has 2 aromatic rings. The molecule has 3 N–H and O–H groups in total. The molecule has 162 valence electrons. The van der Waals surface area contributed by atoms with Gasteiger partial charge in [0.05, 0.1) is 20.8 Å². The van der Waals surface area contributed by atoms with Gasteiger partial charge < -0.3 is 30.0 Å². The summed E-state index contributed by atoms with van der Waals surface area (Å²) in [5.41, 5.74) is 6.69. The average molecular weight is 416 g/mol. The molecule has 0 unspecified atom stereocenters. The number of amides is 2. The van der Waals surface area contributed by atoms with Crippen molar-refractivity contribution < 1.29 is 28.5 Å². The number of hydrogen-bond donors (Lipinski definition) is 2. The Morgan fingerprint density at radius 3 is 2.27 bits per heavy atom. The molecule has 0 aliphatic heterocycles. The van der Waals surface area contributed by atoms with E-state index in [1.807, 2.05) is 18.2 Å². The van der Waals surface area contributed by atoms with E-state index in [0.717, 1.165) is 6.42 Å². The highest BCUT2D eigenvalue weighted by Gasteiger charge is 2.18. The van der Waals surface area contributed by atoms with Gasteiger partial charge in [-0.1, -0.05) is 30.3 Å². The van der Waals surface area contributed by atoms with Crippen LogP contribution in [-0.4, -0.2) is 52.4 Å². The largest absolute Gasteiger partial charge is 0.493 e. The molecule has 0 aliphatic rings. The number of carbonyl (C=O) groups is 2. The molecule has 0 atom stereocenters. The molecule has 2 aromatic carbocycles. The highest BCUT2D eigenvalue weighted by atomic mass is 16.5. The second-order valence-corrected chi connectivity index (χ2v) is 6.42. The zero-order valence-electron chi connectivity index (χ0n) is 17.3. The first kappa shape index (κ1) is 23.0. The molecule has 0 saturated carbocycles. The van der Waals surface area contributed by atoms with Crippen LogP contribution in [0.1, 0.15) is 22.3 Å². The molecule has 2 rings (SSSR count). The summed E-state index contributed by atoms with van der Waals surface area (Å²) in [4.78, 5) is 23.4. The summed E-state index contributed by atoms with van der Waals surface area (Å²) in [5, 5.41) is 2.83. The monoisotopic (exact) mass is 416 g/mol. The van der Waals surface area contributed by atoms with Gasteiger partial charge in [0.25, 0.3) is 11.8 Å². The van der Waals surface area contributed by atoms with Crippen molar-refractivity contribution in [2.45, 2.75) is 12.8 Å². The summed E-state index contributed by atoms with van der Waals surface area (Å²) in [6.07, 6.45) is 1.55. The molecule has 0 aromatic heterocycles. The predicted molar refractivity (Wildman–Crippen MR) is 112 cm³/mol. The maximum Gasteiger partial charge on any atom is 0.255 e. The molecule has 8 nitrogen and oxygen atoms in total. The molecule has 30 heavy (non-hydrogen) atoms. The van der Waals surface area contributed by atoms with Crippen molar-refractivity contribution in [3.63, 3.8) is 0 Å². The molecule has 0 aliphatic carbocycles. The summed E-state index contributed by atoms with van der Waals surface area (Å²) < 4.78 is 21.5. The molecule has 0 heterocycles. The van der Waals surface area contributed by atoms with Gasteiger partial charge >= 0.3 is 0 Å². The number of hydrogen-bond acceptors (Lipinski definition) is 6. The van der Waals surface area contributed by atoms with Crippen molar-refractivity contribution in [2.75, 3.05) is 40.6 Å². The average Bonchev–Trinajstić information content (AvgIpc) is 2.76. The van der Waals surface area contributed by atoms with Gasteiger partial charge in [-0.25, -0.2) is 0 Å². The summed E-state index contributed by atoms with van der Waals surface area (Å²) in [6.45, 7) is 1.33. The smallest absolute Gasteiger partial charge is 0.255 e. The van der Waals surface area contributed by atoms with Crippen LogP contribution in [-0.2, 0) is 16.0 Å². The minimum Gasteiger partial charge on any atom is -0.493 e. The Balaban J connectivity index is 1.80. The van der Waals surface area contributed by atoms with E-state index in [1.165, 1.54) is 31.9 Å². The van der Waals surface area contributed by atoms with Crippen LogP contribution < -0.4 is 25.3 Å². The zero-order chi connectivity index (χ0) is 21.8. The highest BCUT2D eigenvalue weighted by molar-refractivity contribution is 5.95. The molecule has 0 fully saturated rings. The number of methoxy groups -OCH3 is 2. The molecule has 8 heteroatoms. The summed E-state index contributed by atoms with van der Waals surface area (Å²) in [5.74, 6) is -0.165. The van der Waals surface area contributed by atoms with Crippen LogP contribution in [0.3, 0.4) is 0 Å². The van der Waals surface area contributed by atoms with E-state index in [9.17, 15) is 9.59 Å². The molecule has 0 bridgehead atoms. The van der Waals surface area contributed by atoms with Crippen LogP contribution in [0.5, 0.6) is 17.2 Å². The van der Waals surface area contributed by atoms with Crippen molar-refractivity contribution >= 4 is 11.8 Å². The number of ether oxygens (including phenoxy) is 4. The number of nitrogens with one attached hydrogen (secondary N) is 1. The van der Waals surface area contributed by atoms with Gasteiger partial charge in [0.1, 0.15) is 0 Å². The third-order valence-electron chi connectivity index (χ3n) is 4.21. The summed E-state index contributed by atoms with van der Waals surface area (Å²) in [7, 11) is 2.86. The zero-order valence-corrected chi connectivity index (χ0v) is 17.3. The van der Waals surface area contributed by atoms with Crippen LogP contribution >= 0.6 is 0 Å². The Kier molecular flexibility index (Phi) is 9.47. The Morgan fingerprint density at radius 1 is 1.00 bits per heavy atom. The maximum atomic E-state index is 12.5. The molecule has 0 saturated heterocycles. The van der Waals surface area contributed by atoms with Crippen molar-refractivity contribution in [3.8, 4) is 17.2 Å². The third kappa shape index (κ3) is 7.29. The van der Waals surface area contributed by atoms with Crippen molar-refractivity contribution in [1.82, 2.24) is 5.32 Å². The SMILES string of the molecule is COc1cc(C(=O)NCCCOCCc2ccccc2)cc(OC)c1OCC(N)=O. The van der Waals surface area contributed by atoms with Crippen LogP contribution in [0.4, 0.5) is 0 Å². The number of carbonyl (C=O) groups excluding carboxylic acids is 2. The molecule has 0 radical (unpaired) electrons. The summed E-state index contributed by atoms with van der Waals surface area (Å²) in [6, 6.07) is 13.2. The first-order chi connectivity index (χ1) is 14.5. The van der Waals surface area contributed by atoms with Gasteiger partial charge in [0.15, 0.2) is 18.1 Å². The Morgan fingerprint density at radius 2 is 1.67 bits per heavy atom. The quantitative estimate of drug-likeness (QED) is 0.483. The Labute approximate surface area is 176 Å². The van der Waals surface area contributed by atoms with Crippen molar-refractivity contribution in [3.05, 3.63) is 53.6 Å². The van der Waals surface area contributed by atoms with E-state index in [1.54, 1.807) is 0 Å². The fourth-order valence-electron chi connectivity index (χ4n) is 2.71. The van der Waals surface area contributed by atoms with E-state index in [4.69, 9.17) is 24.7 Å². The van der Waals surface area contributed by atoms with E-state index >= 15 is 0 Å². The van der Waals surface area contributed by atoms with E-state index in [0.29, 0.717) is 31.7 Å². The Bertz CT molecular complexity index is 801. The maximum absolute atomic E-state index is 12.5. The van der Waals surface area contributed by atoms with Gasteiger partial charge in [-0.2, -0.15) is 0 Å². The number of primary amides is 1. The lowest BCUT2D eigenvalue weighted by Crippen LogP contribution is -2.25. The van der Waals surface area contributed by atoms with Crippen molar-refractivity contribution in [2.24, 2.45) is 5.73 Å². The van der Waals surface area contributed by atoms with Crippen LogP contribution in [0, 0.1) is 0 Å². The molecule has 0 spiro atoms. The van der Waals surface area contributed by atoms with Gasteiger partial charge in [-0.05, 0) is 30.5 Å². The van der Waals surface area contributed by atoms with Crippen molar-refractivity contribution in [1.29, 1.82) is 0 Å². The van der Waals surface area contributed by atoms with Crippen LogP contribution in [0.25, 0.3) is 0 Å². The first-order valence-corrected chi connectivity index (χ1v) is 9.62. The van der Waals surface area contributed by atoms with E-state index in [-0.39, 0.29) is 29.8 Å². The second kappa shape index (κ2) is 12.3. The Hall–Kier alpha value is -3.26. The highest BCUT2D eigenvalue weighted by Crippen LogP contribution is 2.38. The lowest BCUT2D eigenvalue weighted by Gasteiger charge is -2.15. The van der Waals surface area contributed by atoms with Gasteiger partial charge in [0, 0.05) is 18.7 Å². The lowest BCUT2D eigenvalue weighted by molar-refractivity contribution is -0.120. The number of benzene rings is 2. The topological polar surface area (TPSA) is 109 Å². The minimum absolute atomic E-state index is 0.210. The molecular formula is C22H28N2O6. The van der Waals surface area contributed by atoms with Crippen LogP contribution in [0.2, 0.25) is 0 Å². The minimum atomic E-state index is -0.632. The standard InChI is InChI=1S/C22H28N2O6/c1-27-18-13-17(14-19(28-2)21(18)30-15-20(23)25)22(26)24-10-6-11-29-12-9-16-7-4-3-5-8-16/h3-5,7-8,13-14H,6,9-12,15H2,1-2H3,(H2,23,25)(H,24,26). The van der Waals surface area contributed by atoms with Gasteiger partial charge in [-0.15, -0.1) is 0 Å². The van der Waals surface area contributed by atoms with Crippen LogP contribution in [0.15, 0.2) is 42.5 Å². The van der Waals surface area contributed by atoms with Gasteiger partial charge in [-0.3, -0.25) is 9.59 Å². The second-order valence-electron chi connectivity index (χ2n) is 6.42. The lowest BCUT2D eigenvalue weighted by atomic mass is 10.1. The van der Waals surface area contributed by atoms with E-state index < -0.39 is 5.91 Å². The normalized spacial score (nSPS) is 10.3. The fraction of sp³-hybridized carbons (Fsp3) is 0.364. The number of nitrogens with two attached hydrogens (primary N) is 1. The molecule has 2 amide bonds. The fourth-order valence-corrected chi connectivity index (χ4v) is 2.71. The first-order valence-electron chi connectivity index (χ1n) is 9.62. The number of rotatable bonds is 13. The van der Waals surface area contributed by atoms with Gasteiger partial charge in [0.2, 0.25) is 5.75 Å². The molecular weight excluding hydrogens is 388 g/mol. The third-order valence-corrected chi connectivity index (χ3v) is 4.21. The van der Waals surface area contributed by atoms with E-state index in [2.05, 4.69) is 17.4 Å².